The van der Waals surface area contributed by atoms with Gasteiger partial charge in [0.05, 0.1) is 46.2 Å². The number of carbonyl (C=O) groups excluding carboxylic acids is 1. The van der Waals surface area contributed by atoms with E-state index in [0.717, 1.165) is 64.2 Å². The number of quaternary nitrogens is 1. The molecular formula is C48H82NO8P. The number of allylic oxidation sites excluding steroid dienone is 11. The summed E-state index contributed by atoms with van der Waals surface area (Å²) in [5, 5.41) is 0. The molecule has 0 saturated carbocycles. The lowest BCUT2D eigenvalue weighted by molar-refractivity contribution is -0.870. The maximum absolute atomic E-state index is 12.5. The minimum atomic E-state index is -4.54. The van der Waals surface area contributed by atoms with Crippen LogP contribution in [-0.4, -0.2) is 76.3 Å². The third kappa shape index (κ3) is 36.6. The van der Waals surface area contributed by atoms with Gasteiger partial charge in [-0.3, -0.25) is 9.36 Å². The van der Waals surface area contributed by atoms with Crippen LogP contribution in [0.4, 0.5) is 0 Å². The fourth-order valence-electron chi connectivity index (χ4n) is 5.77. The number of ether oxygens (including phenoxy) is 3. The molecule has 0 aliphatic carbocycles. The highest BCUT2D eigenvalue weighted by Crippen LogP contribution is 2.38. The molecule has 1 heterocycles. The second-order valence-electron chi connectivity index (χ2n) is 16.1. The van der Waals surface area contributed by atoms with E-state index in [1.54, 1.807) is 6.26 Å². The van der Waals surface area contributed by atoms with Gasteiger partial charge in [-0.25, -0.2) is 0 Å². The number of rotatable bonds is 39. The first-order valence-corrected chi connectivity index (χ1v) is 23.9. The van der Waals surface area contributed by atoms with E-state index in [9.17, 15) is 14.3 Å². The first-order valence-electron chi connectivity index (χ1n) is 22.5. The first-order chi connectivity index (χ1) is 28.1. The maximum atomic E-state index is 12.5. The van der Waals surface area contributed by atoms with Gasteiger partial charge >= 0.3 is 5.97 Å². The van der Waals surface area contributed by atoms with Crippen molar-refractivity contribution in [3.05, 3.63) is 85.3 Å². The van der Waals surface area contributed by atoms with Gasteiger partial charge in [0.1, 0.15) is 19.8 Å². The van der Waals surface area contributed by atoms with Gasteiger partial charge in [-0.05, 0) is 89.5 Å². The van der Waals surface area contributed by atoms with Crippen LogP contribution in [-0.2, 0) is 32.6 Å². The molecule has 0 spiro atoms. The molecule has 1 aliphatic rings. The van der Waals surface area contributed by atoms with E-state index >= 15 is 0 Å². The Balaban J connectivity index is 2.30. The van der Waals surface area contributed by atoms with E-state index in [2.05, 4.69) is 74.6 Å². The van der Waals surface area contributed by atoms with Crippen LogP contribution in [0, 0.1) is 0 Å². The van der Waals surface area contributed by atoms with Gasteiger partial charge in [0, 0.05) is 6.42 Å². The second-order valence-corrected chi connectivity index (χ2v) is 17.5. The highest BCUT2D eigenvalue weighted by Gasteiger charge is 2.35. The number of phosphoric ester groups is 1. The van der Waals surface area contributed by atoms with Gasteiger partial charge in [0.2, 0.25) is 0 Å². The molecule has 1 aliphatic heterocycles. The Hall–Kier alpha value is -2.52. The quantitative estimate of drug-likeness (QED) is 0.0115. The predicted molar refractivity (Wildman–Crippen MR) is 239 cm³/mol. The number of esters is 1. The first kappa shape index (κ1) is 53.5. The van der Waals surface area contributed by atoms with Crippen LogP contribution in [0.5, 0.6) is 0 Å². The van der Waals surface area contributed by atoms with Crippen molar-refractivity contribution in [1.29, 1.82) is 0 Å². The molecule has 3 unspecified atom stereocenters. The van der Waals surface area contributed by atoms with Gasteiger partial charge in [-0.15, -0.1) is 0 Å². The highest BCUT2D eigenvalue weighted by atomic mass is 31.2. The third-order valence-electron chi connectivity index (χ3n) is 9.44. The molecule has 1 rings (SSSR count). The largest absolute Gasteiger partial charge is 0.756 e. The molecule has 0 aromatic rings. The van der Waals surface area contributed by atoms with Crippen molar-refractivity contribution in [1.82, 2.24) is 0 Å². The lowest BCUT2D eigenvalue weighted by Gasteiger charge is -2.28. The van der Waals surface area contributed by atoms with Crippen LogP contribution in [0.15, 0.2) is 85.3 Å². The number of likely N-dealkylation sites (N-methyl/N-ethyl adjacent to an activating group) is 1. The number of unbranched alkanes of at least 4 members (excludes halogenated alkanes) is 11. The van der Waals surface area contributed by atoms with Crippen molar-refractivity contribution in [2.75, 3.05) is 47.5 Å². The molecule has 58 heavy (non-hydrogen) atoms. The predicted octanol–water partition coefficient (Wildman–Crippen LogP) is 12.0. The molecule has 0 amide bonds. The van der Waals surface area contributed by atoms with Gasteiger partial charge in [-0.2, -0.15) is 0 Å². The zero-order valence-electron chi connectivity index (χ0n) is 37.2. The van der Waals surface area contributed by atoms with Crippen molar-refractivity contribution in [3.63, 3.8) is 0 Å². The summed E-state index contributed by atoms with van der Waals surface area (Å²) in [5.41, 5.74) is 0. The SMILES string of the molecule is CC/C=C\CC1OC1C/C=C\C/C=C\C/C=C\C/C=C\CCC(=O)OC[C@H](COP(=O)([O-])OCC[N+](C)(C)C)O/C=C/CCCCCC/C=C\CCCCCCCC. The summed E-state index contributed by atoms with van der Waals surface area (Å²) in [6.45, 7) is 4.46. The van der Waals surface area contributed by atoms with Crippen molar-refractivity contribution < 1.29 is 42.0 Å². The standard InChI is InChI=1S/C48H82NO8P/c1-6-8-10-11-12-13-14-15-16-17-20-23-26-29-32-36-41-53-45(44-56-58(51,52)55-42-40-49(3,4)5)43-54-48(50)39-35-31-28-25-22-19-18-21-24-27-30-34-38-47-46(57-47)37-33-9-7-2/h9,15-16,19,21-22,24,28,30-31,33-34,36,41,45-47H,6-8,10-14,17-18,20,23,25-27,29,32,35,37-40,42-44H2,1-5H3/b16-15-,22-19-,24-21-,31-28-,33-9-,34-30-,41-36+/t45-,46?,47?/m1/s1. The van der Waals surface area contributed by atoms with Crippen molar-refractivity contribution >= 4 is 13.8 Å². The molecule has 9 nitrogen and oxygen atoms in total. The van der Waals surface area contributed by atoms with E-state index in [1.165, 1.54) is 57.8 Å². The Bertz CT molecular complexity index is 1260. The Morgan fingerprint density at radius 3 is 1.76 bits per heavy atom. The van der Waals surface area contributed by atoms with Gasteiger partial charge in [0.15, 0.2) is 6.10 Å². The monoisotopic (exact) mass is 832 g/mol. The van der Waals surface area contributed by atoms with Crippen molar-refractivity contribution in [2.24, 2.45) is 0 Å². The minimum absolute atomic E-state index is 0.00772. The Kier molecular flexibility index (Phi) is 33.5. The lowest BCUT2D eigenvalue weighted by atomic mass is 10.1. The summed E-state index contributed by atoms with van der Waals surface area (Å²) in [6, 6.07) is 0. The number of epoxide rings is 1. The van der Waals surface area contributed by atoms with Crippen LogP contribution in [0.25, 0.3) is 0 Å². The van der Waals surface area contributed by atoms with Crippen LogP contribution in [0.3, 0.4) is 0 Å². The van der Waals surface area contributed by atoms with E-state index in [4.69, 9.17) is 23.3 Å². The van der Waals surface area contributed by atoms with Gasteiger partial charge < -0.3 is 32.6 Å². The summed E-state index contributed by atoms with van der Waals surface area (Å²) < 4.78 is 40.0. The topological polar surface area (TPSA) is 107 Å². The molecule has 332 valence electrons. The lowest BCUT2D eigenvalue weighted by Crippen LogP contribution is -2.37. The number of carbonyl (C=O) groups is 1. The fraction of sp³-hybridized carbons (Fsp3) is 0.688. The molecule has 0 bridgehead atoms. The van der Waals surface area contributed by atoms with E-state index in [-0.39, 0.29) is 32.2 Å². The smallest absolute Gasteiger partial charge is 0.306 e. The number of nitrogens with zero attached hydrogens (tertiary/aromatic N) is 1. The minimum Gasteiger partial charge on any atom is -0.756 e. The molecule has 4 atom stereocenters. The second kappa shape index (κ2) is 36.3. The normalized spacial score (nSPS) is 18.0. The molecule has 0 aromatic heterocycles. The van der Waals surface area contributed by atoms with E-state index < -0.39 is 13.9 Å². The van der Waals surface area contributed by atoms with E-state index in [0.29, 0.717) is 29.7 Å². The van der Waals surface area contributed by atoms with Gasteiger partial charge in [-0.1, -0.05) is 132 Å². The third-order valence-corrected chi connectivity index (χ3v) is 10.4. The van der Waals surface area contributed by atoms with E-state index in [1.807, 2.05) is 39.4 Å². The molecule has 10 heteroatoms. The molecule has 0 radical (unpaired) electrons. The zero-order valence-corrected chi connectivity index (χ0v) is 38.0. The summed E-state index contributed by atoms with van der Waals surface area (Å²) in [7, 11) is 1.30. The Morgan fingerprint density at radius 1 is 0.655 bits per heavy atom. The zero-order chi connectivity index (χ0) is 42.4. The number of hydrogen-bond acceptors (Lipinski definition) is 8. The van der Waals surface area contributed by atoms with Gasteiger partial charge in [0.25, 0.3) is 7.82 Å². The van der Waals surface area contributed by atoms with Crippen LogP contribution >= 0.6 is 7.82 Å². The molecule has 1 fully saturated rings. The van der Waals surface area contributed by atoms with Crippen LogP contribution in [0.2, 0.25) is 0 Å². The van der Waals surface area contributed by atoms with Crippen molar-refractivity contribution in [3.8, 4) is 0 Å². The number of hydrogen-bond donors (Lipinski definition) is 0. The Labute approximate surface area is 354 Å². The molecular weight excluding hydrogens is 750 g/mol. The maximum Gasteiger partial charge on any atom is 0.306 e. The molecule has 1 saturated heterocycles. The summed E-state index contributed by atoms with van der Waals surface area (Å²) in [5.74, 6) is -0.382. The molecule has 0 N–H and O–H groups in total. The summed E-state index contributed by atoms with van der Waals surface area (Å²) in [6.07, 6.45) is 51.8. The Morgan fingerprint density at radius 2 is 1.17 bits per heavy atom. The highest BCUT2D eigenvalue weighted by molar-refractivity contribution is 7.45. The molecule has 0 aromatic carbocycles. The number of phosphoric acid groups is 1. The van der Waals surface area contributed by atoms with Crippen LogP contribution < -0.4 is 4.89 Å². The summed E-state index contributed by atoms with van der Waals surface area (Å²) in [4.78, 5) is 24.8. The average Bonchev–Trinajstić information content (AvgIpc) is 3.94. The average molecular weight is 832 g/mol. The van der Waals surface area contributed by atoms with Crippen molar-refractivity contribution in [2.45, 2.75) is 167 Å². The van der Waals surface area contributed by atoms with Crippen LogP contribution in [0.1, 0.15) is 149 Å². The summed E-state index contributed by atoms with van der Waals surface area (Å²) >= 11 is 0. The fourth-order valence-corrected chi connectivity index (χ4v) is 6.50.